The Bertz CT molecular complexity index is 739. The van der Waals surface area contributed by atoms with Crippen molar-refractivity contribution in [3.05, 3.63) is 35.7 Å². The van der Waals surface area contributed by atoms with E-state index in [0.29, 0.717) is 23.6 Å². The van der Waals surface area contributed by atoms with Gasteiger partial charge in [0.05, 0.1) is 20.1 Å². The molecule has 1 aliphatic carbocycles. The molecular weight excluding hydrogens is 339 g/mol. The molecule has 2 aromatic rings. The van der Waals surface area contributed by atoms with E-state index in [1.165, 1.54) is 12.2 Å². The van der Waals surface area contributed by atoms with Crippen LogP contribution in [-0.2, 0) is 22.2 Å². The maximum Gasteiger partial charge on any atom is 0.471 e. The summed E-state index contributed by atoms with van der Waals surface area (Å²) in [5.74, 6) is -1.21. The summed E-state index contributed by atoms with van der Waals surface area (Å²) in [7, 11) is 1.46. The largest absolute Gasteiger partial charge is 0.471 e. The first-order chi connectivity index (χ1) is 11.9. The average Bonchev–Trinajstić information content (AvgIpc) is 3.24. The third kappa shape index (κ3) is 4.36. The summed E-state index contributed by atoms with van der Waals surface area (Å²) in [4.78, 5) is 20.6. The van der Waals surface area contributed by atoms with Crippen LogP contribution in [0.5, 0.6) is 0 Å². The van der Waals surface area contributed by atoms with Crippen molar-refractivity contribution in [2.75, 3.05) is 13.7 Å². The lowest BCUT2D eigenvalue weighted by Gasteiger charge is -2.19. The lowest BCUT2D eigenvalue weighted by atomic mass is 10.1. The van der Waals surface area contributed by atoms with Crippen LogP contribution < -0.4 is 0 Å². The normalized spacial score (nSPS) is 14.6. The molecule has 1 fully saturated rings. The Labute approximate surface area is 141 Å². The molecule has 0 bridgehead atoms. The zero-order valence-corrected chi connectivity index (χ0v) is 13.4. The third-order valence-electron chi connectivity index (χ3n) is 3.86. The smallest absolute Gasteiger partial charge is 0.329 e. The highest BCUT2D eigenvalue weighted by molar-refractivity contribution is 5.78. The fraction of sp³-hybridized carbons (Fsp3) is 0.438. The van der Waals surface area contributed by atoms with Crippen LogP contribution in [0.3, 0.4) is 0 Å². The van der Waals surface area contributed by atoms with Crippen molar-refractivity contribution >= 4 is 5.91 Å². The molecule has 0 spiro atoms. The molecule has 0 atom stereocenters. The topological polar surface area (TPSA) is 68.5 Å². The third-order valence-corrected chi connectivity index (χ3v) is 3.86. The second-order valence-electron chi connectivity index (χ2n) is 5.88. The molecule has 0 N–H and O–H groups in total. The number of benzene rings is 1. The number of carbonyl (C=O) groups is 1. The monoisotopic (exact) mass is 355 g/mol. The number of amides is 1. The van der Waals surface area contributed by atoms with Gasteiger partial charge in [-0.25, -0.2) is 5.06 Å². The van der Waals surface area contributed by atoms with Crippen molar-refractivity contribution in [1.82, 2.24) is 15.2 Å². The van der Waals surface area contributed by atoms with Gasteiger partial charge in [-0.05, 0) is 24.3 Å². The Kier molecular flexibility index (Phi) is 4.76. The van der Waals surface area contributed by atoms with Crippen LogP contribution in [0.15, 0.2) is 28.8 Å². The number of hydroxylamine groups is 2. The van der Waals surface area contributed by atoms with Gasteiger partial charge in [-0.15, -0.1) is 0 Å². The molecule has 0 aliphatic heterocycles. The number of rotatable bonds is 6. The van der Waals surface area contributed by atoms with Crippen molar-refractivity contribution in [1.29, 1.82) is 0 Å². The van der Waals surface area contributed by atoms with Gasteiger partial charge < -0.3 is 4.52 Å². The van der Waals surface area contributed by atoms with Gasteiger partial charge in [-0.1, -0.05) is 29.4 Å². The lowest BCUT2D eigenvalue weighted by molar-refractivity contribution is -0.176. The van der Waals surface area contributed by atoms with Crippen molar-refractivity contribution in [2.24, 2.45) is 5.92 Å². The maximum atomic E-state index is 12.5. The Morgan fingerprint density at radius 2 is 2.00 bits per heavy atom. The minimum Gasteiger partial charge on any atom is -0.329 e. The highest BCUT2D eigenvalue weighted by Crippen LogP contribution is 2.30. The zero-order chi connectivity index (χ0) is 18.0. The summed E-state index contributed by atoms with van der Waals surface area (Å²) < 4.78 is 41.6. The minimum absolute atomic E-state index is 0.140. The molecule has 9 heteroatoms. The number of alkyl halides is 3. The lowest BCUT2D eigenvalue weighted by Crippen LogP contribution is -2.33. The van der Waals surface area contributed by atoms with Crippen LogP contribution in [0.25, 0.3) is 11.4 Å². The summed E-state index contributed by atoms with van der Waals surface area (Å²) in [5, 5.41) is 4.67. The van der Waals surface area contributed by atoms with E-state index >= 15 is 0 Å². The Balaban J connectivity index is 1.65. The number of hydrogen-bond acceptors (Lipinski definition) is 5. The van der Waals surface area contributed by atoms with Gasteiger partial charge in [0.25, 0.3) is 5.91 Å². The first-order valence-corrected chi connectivity index (χ1v) is 7.71. The maximum absolute atomic E-state index is 12.5. The molecule has 25 heavy (non-hydrogen) atoms. The molecule has 134 valence electrons. The first kappa shape index (κ1) is 17.4. The van der Waals surface area contributed by atoms with E-state index in [1.807, 2.05) is 0 Å². The van der Waals surface area contributed by atoms with Crippen LogP contribution in [0.4, 0.5) is 13.2 Å². The fourth-order valence-electron chi connectivity index (χ4n) is 2.30. The van der Waals surface area contributed by atoms with E-state index in [-0.39, 0.29) is 18.2 Å². The highest BCUT2D eigenvalue weighted by Gasteiger charge is 2.38. The zero-order valence-electron chi connectivity index (χ0n) is 13.4. The van der Waals surface area contributed by atoms with Gasteiger partial charge in [-0.2, -0.15) is 18.2 Å². The number of halogens is 3. The van der Waals surface area contributed by atoms with E-state index in [4.69, 9.17) is 4.84 Å². The molecule has 1 aliphatic rings. The standard InChI is InChI=1S/C16H16F3N3O3/c1-24-22(9-11-2-3-11)13(23)8-10-4-6-12(7-5-10)14-20-15(25-21-14)16(17,18)19/h4-7,11H,2-3,8-9H2,1H3. The van der Waals surface area contributed by atoms with Gasteiger partial charge in [0, 0.05) is 5.56 Å². The number of nitrogens with zero attached hydrogens (tertiary/aromatic N) is 3. The predicted molar refractivity (Wildman–Crippen MR) is 79.9 cm³/mol. The van der Waals surface area contributed by atoms with Gasteiger partial charge in [0.2, 0.25) is 5.82 Å². The van der Waals surface area contributed by atoms with E-state index in [2.05, 4.69) is 14.7 Å². The molecule has 0 saturated heterocycles. The first-order valence-electron chi connectivity index (χ1n) is 7.71. The van der Waals surface area contributed by atoms with Crippen molar-refractivity contribution < 1.29 is 27.3 Å². The molecule has 6 nitrogen and oxygen atoms in total. The van der Waals surface area contributed by atoms with Crippen molar-refractivity contribution in [2.45, 2.75) is 25.4 Å². The molecule has 0 radical (unpaired) electrons. The van der Waals surface area contributed by atoms with Crippen LogP contribution in [0.2, 0.25) is 0 Å². The molecule has 0 unspecified atom stereocenters. The van der Waals surface area contributed by atoms with Crippen LogP contribution in [0, 0.1) is 5.92 Å². The van der Waals surface area contributed by atoms with Crippen molar-refractivity contribution in [3.63, 3.8) is 0 Å². The molecule has 1 heterocycles. The summed E-state index contributed by atoms with van der Waals surface area (Å²) in [5.41, 5.74) is 1.09. The van der Waals surface area contributed by atoms with E-state index in [9.17, 15) is 18.0 Å². The van der Waals surface area contributed by atoms with E-state index in [1.54, 1.807) is 24.3 Å². The highest BCUT2D eigenvalue weighted by atomic mass is 19.4. The summed E-state index contributed by atoms with van der Waals surface area (Å²) in [6.07, 6.45) is -2.33. The quantitative estimate of drug-likeness (QED) is 0.745. The summed E-state index contributed by atoms with van der Waals surface area (Å²) >= 11 is 0. The van der Waals surface area contributed by atoms with Gasteiger partial charge in [-0.3, -0.25) is 9.63 Å². The average molecular weight is 355 g/mol. The molecular formula is C16H16F3N3O3. The molecule has 1 aromatic carbocycles. The van der Waals surface area contributed by atoms with E-state index < -0.39 is 12.1 Å². The molecule has 1 saturated carbocycles. The number of hydrogen-bond donors (Lipinski definition) is 0. The van der Waals surface area contributed by atoms with Crippen LogP contribution >= 0.6 is 0 Å². The van der Waals surface area contributed by atoms with Crippen molar-refractivity contribution in [3.8, 4) is 11.4 Å². The second kappa shape index (κ2) is 6.83. The fourth-order valence-corrected chi connectivity index (χ4v) is 2.30. The summed E-state index contributed by atoms with van der Waals surface area (Å²) in [6.45, 7) is 0.580. The van der Waals surface area contributed by atoms with Gasteiger partial charge >= 0.3 is 12.1 Å². The van der Waals surface area contributed by atoms with Gasteiger partial charge in [0.15, 0.2) is 0 Å². The van der Waals surface area contributed by atoms with E-state index in [0.717, 1.165) is 12.8 Å². The number of aromatic nitrogens is 2. The second-order valence-corrected chi connectivity index (χ2v) is 5.88. The predicted octanol–water partition coefficient (Wildman–Crippen LogP) is 3.10. The number of carbonyl (C=O) groups excluding carboxylic acids is 1. The molecule has 3 rings (SSSR count). The Hall–Kier alpha value is -2.42. The summed E-state index contributed by atoms with van der Waals surface area (Å²) in [6, 6.07) is 6.38. The molecule has 1 amide bonds. The van der Waals surface area contributed by atoms with Crippen LogP contribution in [0.1, 0.15) is 24.3 Å². The Morgan fingerprint density at radius 3 is 2.52 bits per heavy atom. The van der Waals surface area contributed by atoms with Gasteiger partial charge in [0.1, 0.15) is 0 Å². The Morgan fingerprint density at radius 1 is 1.32 bits per heavy atom. The van der Waals surface area contributed by atoms with Crippen LogP contribution in [-0.4, -0.2) is 34.8 Å². The SMILES string of the molecule is CON(CC1CC1)C(=O)Cc1ccc(-c2noc(C(F)(F)F)n2)cc1. The minimum atomic E-state index is -4.68. The molecule has 1 aromatic heterocycles.